The van der Waals surface area contributed by atoms with Gasteiger partial charge >= 0.3 is 5.97 Å². The van der Waals surface area contributed by atoms with Crippen molar-refractivity contribution in [3.8, 4) is 0 Å². The molecule has 0 spiro atoms. The lowest BCUT2D eigenvalue weighted by Crippen LogP contribution is -2.13. The first-order valence-corrected chi connectivity index (χ1v) is 5.26. The summed E-state index contributed by atoms with van der Waals surface area (Å²) in [6.45, 7) is 3.60. The molecule has 0 aliphatic heterocycles. The maximum Gasteiger partial charge on any atom is 0.367 e. The second-order valence-electron chi connectivity index (χ2n) is 3.53. The first-order valence-electron chi connectivity index (χ1n) is 5.26. The van der Waals surface area contributed by atoms with E-state index in [1.54, 1.807) is 31.2 Å². The molecule has 1 atom stereocenters. The van der Waals surface area contributed by atoms with Crippen molar-refractivity contribution < 1.29 is 13.9 Å². The zero-order valence-electron chi connectivity index (χ0n) is 9.44. The van der Waals surface area contributed by atoms with Crippen LogP contribution < -0.4 is 0 Å². The van der Waals surface area contributed by atoms with E-state index in [9.17, 15) is 9.18 Å². The minimum atomic E-state index is -0.904. The van der Waals surface area contributed by atoms with E-state index in [1.165, 1.54) is 6.08 Å². The van der Waals surface area contributed by atoms with Gasteiger partial charge in [-0.15, -0.1) is 0 Å². The summed E-state index contributed by atoms with van der Waals surface area (Å²) in [5.74, 6) is -1.77. The Bertz CT molecular complexity index is 371. The monoisotopic (exact) mass is 222 g/mol. The molecule has 0 aliphatic carbocycles. The number of carbonyl (C=O) groups excluding carboxylic acids is 1. The summed E-state index contributed by atoms with van der Waals surface area (Å²) in [6.07, 6.45) is 1.58. The van der Waals surface area contributed by atoms with Gasteiger partial charge in [0.15, 0.2) is 0 Å². The Kier molecular flexibility index (Phi) is 4.70. The molecule has 0 saturated heterocycles. The van der Waals surface area contributed by atoms with E-state index in [4.69, 9.17) is 4.74 Å². The van der Waals surface area contributed by atoms with Crippen molar-refractivity contribution in [2.24, 2.45) is 0 Å². The molecule has 1 aromatic carbocycles. The summed E-state index contributed by atoms with van der Waals surface area (Å²) < 4.78 is 18.2. The quantitative estimate of drug-likeness (QED) is 0.577. The Morgan fingerprint density at radius 3 is 2.62 bits per heavy atom. The standard InChI is InChI=1S/C13H15FO2/c1-3-10(2)16-13(15)12(14)9-11-7-5-4-6-8-11/h4-10H,3H2,1-2H3/b12-9-. The van der Waals surface area contributed by atoms with Crippen LogP contribution in [0.25, 0.3) is 6.08 Å². The van der Waals surface area contributed by atoms with E-state index in [0.717, 1.165) is 0 Å². The third kappa shape index (κ3) is 3.85. The van der Waals surface area contributed by atoms with Gasteiger partial charge in [-0.2, -0.15) is 4.39 Å². The summed E-state index contributed by atoms with van der Waals surface area (Å²) in [5.41, 5.74) is 0.640. The molecule has 2 nitrogen and oxygen atoms in total. The van der Waals surface area contributed by atoms with Crippen LogP contribution in [0.4, 0.5) is 4.39 Å². The van der Waals surface area contributed by atoms with Crippen LogP contribution in [0.2, 0.25) is 0 Å². The highest BCUT2D eigenvalue weighted by Crippen LogP contribution is 2.10. The van der Waals surface area contributed by atoms with Crippen molar-refractivity contribution >= 4 is 12.0 Å². The normalized spacial score (nSPS) is 13.3. The fraction of sp³-hybridized carbons (Fsp3) is 0.308. The van der Waals surface area contributed by atoms with E-state index >= 15 is 0 Å². The second-order valence-corrected chi connectivity index (χ2v) is 3.53. The molecule has 0 saturated carbocycles. The van der Waals surface area contributed by atoms with Gasteiger partial charge in [0.25, 0.3) is 0 Å². The van der Waals surface area contributed by atoms with Gasteiger partial charge in [0.1, 0.15) is 0 Å². The van der Waals surface area contributed by atoms with Gasteiger partial charge in [-0.25, -0.2) is 4.79 Å². The minimum Gasteiger partial charge on any atom is -0.457 e. The molecule has 3 heteroatoms. The molecule has 1 rings (SSSR count). The van der Waals surface area contributed by atoms with Crippen LogP contribution in [0.3, 0.4) is 0 Å². The first-order chi connectivity index (χ1) is 7.63. The lowest BCUT2D eigenvalue weighted by molar-refractivity contribution is -0.145. The SMILES string of the molecule is CCC(C)OC(=O)/C(F)=C/c1ccccc1. The van der Waals surface area contributed by atoms with Gasteiger partial charge in [-0.05, 0) is 25.0 Å². The predicted octanol–water partition coefficient (Wildman–Crippen LogP) is 3.34. The topological polar surface area (TPSA) is 26.3 Å². The Hall–Kier alpha value is -1.64. The van der Waals surface area contributed by atoms with Crippen molar-refractivity contribution in [3.63, 3.8) is 0 Å². The van der Waals surface area contributed by atoms with Crippen LogP contribution in [0.15, 0.2) is 36.2 Å². The molecule has 16 heavy (non-hydrogen) atoms. The Balaban J connectivity index is 2.67. The van der Waals surface area contributed by atoms with Crippen LogP contribution >= 0.6 is 0 Å². The first kappa shape index (κ1) is 12.4. The highest BCUT2D eigenvalue weighted by Gasteiger charge is 2.13. The highest BCUT2D eigenvalue weighted by atomic mass is 19.1. The zero-order valence-corrected chi connectivity index (χ0v) is 9.44. The van der Waals surface area contributed by atoms with Crippen molar-refractivity contribution in [1.82, 2.24) is 0 Å². The average Bonchev–Trinajstić information content (AvgIpc) is 2.30. The van der Waals surface area contributed by atoms with Crippen LogP contribution in [-0.4, -0.2) is 12.1 Å². The molecule has 86 valence electrons. The van der Waals surface area contributed by atoms with E-state index in [1.807, 2.05) is 13.0 Å². The molecule has 0 aliphatic rings. The largest absolute Gasteiger partial charge is 0.457 e. The molecule has 1 unspecified atom stereocenters. The number of ether oxygens (including phenoxy) is 1. The lowest BCUT2D eigenvalue weighted by atomic mass is 10.2. The molecule has 0 radical (unpaired) electrons. The molecule has 1 aromatic rings. The van der Waals surface area contributed by atoms with Gasteiger partial charge in [0, 0.05) is 0 Å². The minimum absolute atomic E-state index is 0.262. The smallest absolute Gasteiger partial charge is 0.367 e. The number of hydrogen-bond acceptors (Lipinski definition) is 2. The lowest BCUT2D eigenvalue weighted by Gasteiger charge is -2.09. The summed E-state index contributed by atoms with van der Waals surface area (Å²) >= 11 is 0. The third-order valence-corrected chi connectivity index (χ3v) is 2.17. The van der Waals surface area contributed by atoms with Crippen LogP contribution in [0, 0.1) is 0 Å². The van der Waals surface area contributed by atoms with Gasteiger partial charge in [0.2, 0.25) is 5.83 Å². The number of benzene rings is 1. The predicted molar refractivity (Wildman–Crippen MR) is 61.4 cm³/mol. The van der Waals surface area contributed by atoms with Gasteiger partial charge in [-0.1, -0.05) is 37.3 Å². The van der Waals surface area contributed by atoms with Crippen molar-refractivity contribution in [2.45, 2.75) is 26.4 Å². The molecular weight excluding hydrogens is 207 g/mol. The molecule has 0 N–H and O–H groups in total. The summed E-state index contributed by atoms with van der Waals surface area (Å²) in [5, 5.41) is 0. The highest BCUT2D eigenvalue weighted by molar-refractivity contribution is 5.91. The van der Waals surface area contributed by atoms with Crippen LogP contribution in [0.5, 0.6) is 0 Å². The Morgan fingerprint density at radius 1 is 1.44 bits per heavy atom. The van der Waals surface area contributed by atoms with Crippen molar-refractivity contribution in [3.05, 3.63) is 41.7 Å². The number of hydrogen-bond donors (Lipinski definition) is 0. The number of carbonyl (C=O) groups is 1. The summed E-state index contributed by atoms with van der Waals surface area (Å²) in [7, 11) is 0. The Labute approximate surface area is 94.7 Å². The maximum absolute atomic E-state index is 13.4. The number of halogens is 1. The van der Waals surface area contributed by atoms with Crippen molar-refractivity contribution in [1.29, 1.82) is 0 Å². The van der Waals surface area contributed by atoms with E-state index in [-0.39, 0.29) is 6.10 Å². The van der Waals surface area contributed by atoms with Gasteiger partial charge in [-0.3, -0.25) is 0 Å². The summed E-state index contributed by atoms with van der Waals surface area (Å²) in [4.78, 5) is 11.3. The second kappa shape index (κ2) is 6.05. The van der Waals surface area contributed by atoms with Gasteiger partial charge < -0.3 is 4.74 Å². The zero-order chi connectivity index (χ0) is 12.0. The Morgan fingerprint density at radius 2 is 2.06 bits per heavy atom. The third-order valence-electron chi connectivity index (χ3n) is 2.17. The molecule has 0 amide bonds. The fourth-order valence-electron chi connectivity index (χ4n) is 1.08. The van der Waals surface area contributed by atoms with E-state index in [2.05, 4.69) is 0 Å². The molecule has 0 fully saturated rings. The fourth-order valence-corrected chi connectivity index (χ4v) is 1.08. The molecule has 0 heterocycles. The maximum atomic E-state index is 13.4. The number of esters is 1. The molecule has 0 bridgehead atoms. The summed E-state index contributed by atoms with van der Waals surface area (Å²) in [6, 6.07) is 8.82. The van der Waals surface area contributed by atoms with Crippen LogP contribution in [-0.2, 0) is 9.53 Å². The van der Waals surface area contributed by atoms with E-state index in [0.29, 0.717) is 12.0 Å². The van der Waals surface area contributed by atoms with Crippen LogP contribution in [0.1, 0.15) is 25.8 Å². The number of rotatable bonds is 4. The molecule has 0 aromatic heterocycles. The van der Waals surface area contributed by atoms with E-state index < -0.39 is 11.8 Å². The molecular formula is C13H15FO2. The van der Waals surface area contributed by atoms with Crippen molar-refractivity contribution in [2.75, 3.05) is 0 Å². The average molecular weight is 222 g/mol. The van der Waals surface area contributed by atoms with Gasteiger partial charge in [0.05, 0.1) is 6.10 Å².